The second-order valence-electron chi connectivity index (χ2n) is 6.24. The summed E-state index contributed by atoms with van der Waals surface area (Å²) >= 11 is 6.16. The van der Waals surface area contributed by atoms with Crippen LogP contribution in [-0.2, 0) is 16.0 Å². The third kappa shape index (κ3) is 5.14. The number of nitrogens with zero attached hydrogens (tertiary/aromatic N) is 2. The van der Waals surface area contributed by atoms with Crippen LogP contribution >= 0.6 is 11.6 Å². The van der Waals surface area contributed by atoms with Crippen LogP contribution in [0.4, 0.5) is 5.82 Å². The van der Waals surface area contributed by atoms with Crippen LogP contribution in [0.1, 0.15) is 12.0 Å². The zero-order valence-corrected chi connectivity index (χ0v) is 15.6. The quantitative estimate of drug-likeness (QED) is 0.629. The SMILES string of the molecule is O=C(O)C[C@@H](Cc1ccccc1)C(=O)Nc1cnc(-c2ccccc2Cl)cn1. The van der Waals surface area contributed by atoms with Gasteiger partial charge in [-0.25, -0.2) is 4.98 Å². The van der Waals surface area contributed by atoms with Crippen molar-refractivity contribution in [1.29, 1.82) is 0 Å². The second kappa shape index (κ2) is 9.10. The molecule has 7 heteroatoms. The number of carbonyl (C=O) groups excluding carboxylic acids is 1. The van der Waals surface area contributed by atoms with Crippen molar-refractivity contribution < 1.29 is 14.7 Å². The van der Waals surface area contributed by atoms with Crippen LogP contribution in [-0.4, -0.2) is 27.0 Å². The van der Waals surface area contributed by atoms with Crippen LogP contribution in [0.2, 0.25) is 5.02 Å². The molecule has 0 spiro atoms. The lowest BCUT2D eigenvalue weighted by molar-refractivity contribution is -0.140. The van der Waals surface area contributed by atoms with Gasteiger partial charge in [-0.15, -0.1) is 0 Å². The van der Waals surface area contributed by atoms with E-state index in [-0.39, 0.29) is 12.2 Å². The molecule has 1 amide bonds. The average molecular weight is 396 g/mol. The third-order valence-corrected chi connectivity index (χ3v) is 4.50. The Morgan fingerprint density at radius 1 is 1.00 bits per heavy atom. The first-order valence-electron chi connectivity index (χ1n) is 8.66. The summed E-state index contributed by atoms with van der Waals surface area (Å²) in [5.74, 6) is -1.91. The zero-order chi connectivity index (χ0) is 19.9. The van der Waals surface area contributed by atoms with E-state index in [1.165, 1.54) is 12.4 Å². The maximum atomic E-state index is 12.6. The van der Waals surface area contributed by atoms with E-state index in [2.05, 4.69) is 15.3 Å². The van der Waals surface area contributed by atoms with Crippen LogP contribution < -0.4 is 5.32 Å². The minimum atomic E-state index is -1.03. The molecule has 0 radical (unpaired) electrons. The smallest absolute Gasteiger partial charge is 0.304 e. The molecule has 1 heterocycles. The Labute approximate surface area is 167 Å². The lowest BCUT2D eigenvalue weighted by Gasteiger charge is -2.15. The lowest BCUT2D eigenvalue weighted by Crippen LogP contribution is -2.27. The van der Waals surface area contributed by atoms with Gasteiger partial charge in [-0.05, 0) is 18.1 Å². The van der Waals surface area contributed by atoms with Gasteiger partial charge in [0.2, 0.25) is 5.91 Å². The monoisotopic (exact) mass is 395 g/mol. The summed E-state index contributed by atoms with van der Waals surface area (Å²) in [6.45, 7) is 0. The molecule has 0 saturated heterocycles. The van der Waals surface area contributed by atoms with Crippen molar-refractivity contribution in [3.05, 3.63) is 77.6 Å². The Balaban J connectivity index is 1.72. The van der Waals surface area contributed by atoms with Crippen LogP contribution in [0.25, 0.3) is 11.3 Å². The fourth-order valence-corrected chi connectivity index (χ4v) is 3.03. The summed E-state index contributed by atoms with van der Waals surface area (Å²) in [4.78, 5) is 32.3. The highest BCUT2D eigenvalue weighted by Crippen LogP contribution is 2.25. The number of anilines is 1. The van der Waals surface area contributed by atoms with Gasteiger partial charge in [-0.3, -0.25) is 14.6 Å². The predicted molar refractivity (Wildman–Crippen MR) is 107 cm³/mol. The number of carboxylic acids is 1. The first-order chi connectivity index (χ1) is 13.5. The molecule has 0 fully saturated rings. The van der Waals surface area contributed by atoms with E-state index in [1.807, 2.05) is 48.5 Å². The number of amides is 1. The molecule has 0 aliphatic rings. The molecule has 1 atom stereocenters. The van der Waals surface area contributed by atoms with E-state index in [1.54, 1.807) is 6.07 Å². The molecule has 3 rings (SSSR count). The summed E-state index contributed by atoms with van der Waals surface area (Å²) in [5.41, 5.74) is 2.21. The second-order valence-corrected chi connectivity index (χ2v) is 6.65. The van der Waals surface area contributed by atoms with E-state index < -0.39 is 17.8 Å². The number of halogens is 1. The minimum Gasteiger partial charge on any atom is -0.481 e. The predicted octanol–water partition coefficient (Wildman–Crippen LogP) is 4.07. The summed E-state index contributed by atoms with van der Waals surface area (Å²) < 4.78 is 0. The molecule has 28 heavy (non-hydrogen) atoms. The van der Waals surface area contributed by atoms with Gasteiger partial charge in [0.05, 0.1) is 35.4 Å². The van der Waals surface area contributed by atoms with Crippen molar-refractivity contribution in [2.45, 2.75) is 12.8 Å². The standard InChI is InChI=1S/C21H18ClN3O3/c22-17-9-5-4-8-16(17)18-12-24-19(13-23-18)25-21(28)15(11-20(26)27)10-14-6-2-1-3-7-14/h1-9,12-13,15H,10-11H2,(H,26,27)(H,24,25,28)/t15-/m1/s1. The molecule has 142 valence electrons. The van der Waals surface area contributed by atoms with Crippen LogP contribution in [0, 0.1) is 5.92 Å². The largest absolute Gasteiger partial charge is 0.481 e. The number of rotatable bonds is 7. The van der Waals surface area contributed by atoms with Gasteiger partial charge in [0, 0.05) is 5.56 Å². The van der Waals surface area contributed by atoms with Gasteiger partial charge in [0.15, 0.2) is 5.82 Å². The molecule has 3 aromatic rings. The maximum absolute atomic E-state index is 12.6. The van der Waals surface area contributed by atoms with Gasteiger partial charge in [-0.1, -0.05) is 60.1 Å². The number of hydrogen-bond acceptors (Lipinski definition) is 4. The molecule has 2 N–H and O–H groups in total. The molecule has 1 aromatic heterocycles. The normalized spacial score (nSPS) is 11.6. The highest BCUT2D eigenvalue weighted by Gasteiger charge is 2.22. The number of aliphatic carboxylic acids is 1. The van der Waals surface area contributed by atoms with Gasteiger partial charge < -0.3 is 10.4 Å². The zero-order valence-electron chi connectivity index (χ0n) is 14.9. The van der Waals surface area contributed by atoms with E-state index in [9.17, 15) is 9.59 Å². The summed E-state index contributed by atoms with van der Waals surface area (Å²) in [6.07, 6.45) is 2.99. The van der Waals surface area contributed by atoms with E-state index in [0.717, 1.165) is 11.1 Å². The van der Waals surface area contributed by atoms with Crippen molar-refractivity contribution >= 4 is 29.3 Å². The average Bonchev–Trinajstić information content (AvgIpc) is 2.69. The highest BCUT2D eigenvalue weighted by atomic mass is 35.5. The van der Waals surface area contributed by atoms with E-state index in [4.69, 9.17) is 16.7 Å². The lowest BCUT2D eigenvalue weighted by atomic mass is 9.95. The summed E-state index contributed by atoms with van der Waals surface area (Å²) in [5, 5.41) is 12.4. The maximum Gasteiger partial charge on any atom is 0.304 e. The van der Waals surface area contributed by atoms with Gasteiger partial charge in [0.1, 0.15) is 0 Å². The van der Waals surface area contributed by atoms with Gasteiger partial charge >= 0.3 is 5.97 Å². The summed E-state index contributed by atoms with van der Waals surface area (Å²) in [6, 6.07) is 16.5. The number of carbonyl (C=O) groups is 2. The fraction of sp³-hybridized carbons (Fsp3) is 0.143. The third-order valence-electron chi connectivity index (χ3n) is 4.17. The fourth-order valence-electron chi connectivity index (χ4n) is 2.80. The van der Waals surface area contributed by atoms with Crippen LogP contribution in [0.5, 0.6) is 0 Å². The molecule has 0 aliphatic heterocycles. The molecule has 0 unspecified atom stereocenters. The van der Waals surface area contributed by atoms with Crippen molar-refractivity contribution in [2.24, 2.45) is 5.92 Å². The number of benzene rings is 2. The Bertz CT molecular complexity index is 962. The number of nitrogens with one attached hydrogen (secondary N) is 1. The molecule has 0 saturated carbocycles. The number of carboxylic acid groups (broad SMARTS) is 1. The van der Waals surface area contributed by atoms with Crippen molar-refractivity contribution in [3.63, 3.8) is 0 Å². The van der Waals surface area contributed by atoms with Gasteiger partial charge in [-0.2, -0.15) is 0 Å². The van der Waals surface area contributed by atoms with E-state index in [0.29, 0.717) is 17.1 Å². The molecular formula is C21H18ClN3O3. The topological polar surface area (TPSA) is 92.2 Å². The van der Waals surface area contributed by atoms with Gasteiger partial charge in [0.25, 0.3) is 0 Å². The van der Waals surface area contributed by atoms with E-state index >= 15 is 0 Å². The first kappa shape index (κ1) is 19.5. The first-order valence-corrected chi connectivity index (χ1v) is 9.04. The highest BCUT2D eigenvalue weighted by molar-refractivity contribution is 6.33. The van der Waals surface area contributed by atoms with Crippen LogP contribution in [0.15, 0.2) is 67.0 Å². The van der Waals surface area contributed by atoms with Crippen molar-refractivity contribution in [3.8, 4) is 11.3 Å². The van der Waals surface area contributed by atoms with Crippen LogP contribution in [0.3, 0.4) is 0 Å². The minimum absolute atomic E-state index is 0.254. The van der Waals surface area contributed by atoms with Crippen molar-refractivity contribution in [2.75, 3.05) is 5.32 Å². The Morgan fingerprint density at radius 3 is 2.36 bits per heavy atom. The Hall–Kier alpha value is -3.25. The molecular weight excluding hydrogens is 378 g/mol. The molecule has 0 bridgehead atoms. The Morgan fingerprint density at radius 2 is 1.71 bits per heavy atom. The van der Waals surface area contributed by atoms with Crippen molar-refractivity contribution in [1.82, 2.24) is 9.97 Å². The Kier molecular flexibility index (Phi) is 6.34. The molecule has 6 nitrogen and oxygen atoms in total. The number of aromatic nitrogens is 2. The molecule has 0 aliphatic carbocycles. The molecule has 2 aromatic carbocycles. The number of hydrogen-bond donors (Lipinski definition) is 2. The summed E-state index contributed by atoms with van der Waals surface area (Å²) in [7, 11) is 0.